The molecule has 1 aromatic heterocycles. The predicted octanol–water partition coefficient (Wildman–Crippen LogP) is 1.03. The molecule has 0 aliphatic carbocycles. The van der Waals surface area contributed by atoms with Crippen molar-refractivity contribution in [3.8, 4) is 5.75 Å². The molecule has 18 heavy (non-hydrogen) atoms. The van der Waals surface area contributed by atoms with Gasteiger partial charge < -0.3 is 10.1 Å². The first-order valence-electron chi connectivity index (χ1n) is 5.89. The molecule has 2 atom stereocenters. The van der Waals surface area contributed by atoms with Gasteiger partial charge in [0.1, 0.15) is 5.75 Å². The fourth-order valence-corrected chi connectivity index (χ4v) is 4.75. The SMILES string of the molecule is COc1ccsc1S(=O)(=O)NC1CCNCC1C. The van der Waals surface area contributed by atoms with Gasteiger partial charge >= 0.3 is 0 Å². The summed E-state index contributed by atoms with van der Waals surface area (Å²) < 4.78 is 32.7. The van der Waals surface area contributed by atoms with Crippen LogP contribution in [-0.2, 0) is 10.0 Å². The summed E-state index contributed by atoms with van der Waals surface area (Å²) in [5.74, 6) is 0.702. The lowest BCUT2D eigenvalue weighted by Gasteiger charge is -2.29. The zero-order valence-electron chi connectivity index (χ0n) is 10.5. The first kappa shape index (κ1) is 13.8. The Labute approximate surface area is 112 Å². The normalized spacial score (nSPS) is 25.0. The van der Waals surface area contributed by atoms with Crippen LogP contribution in [0.15, 0.2) is 15.7 Å². The van der Waals surface area contributed by atoms with E-state index in [4.69, 9.17) is 4.74 Å². The molecule has 1 aromatic rings. The first-order valence-corrected chi connectivity index (χ1v) is 8.25. The van der Waals surface area contributed by atoms with Crippen LogP contribution < -0.4 is 14.8 Å². The van der Waals surface area contributed by atoms with Gasteiger partial charge in [0.15, 0.2) is 4.21 Å². The van der Waals surface area contributed by atoms with Crippen LogP contribution in [0.4, 0.5) is 0 Å². The van der Waals surface area contributed by atoms with Gasteiger partial charge in [-0.25, -0.2) is 13.1 Å². The van der Waals surface area contributed by atoms with Gasteiger partial charge in [0, 0.05) is 6.04 Å². The van der Waals surface area contributed by atoms with Crippen molar-refractivity contribution in [2.75, 3.05) is 20.2 Å². The number of piperidine rings is 1. The maximum atomic E-state index is 12.3. The molecular formula is C11H18N2O3S2. The van der Waals surface area contributed by atoms with Gasteiger partial charge in [-0.15, -0.1) is 11.3 Å². The van der Waals surface area contributed by atoms with Gasteiger partial charge in [-0.3, -0.25) is 0 Å². The largest absolute Gasteiger partial charge is 0.494 e. The Morgan fingerprint density at radius 3 is 3.00 bits per heavy atom. The highest BCUT2D eigenvalue weighted by Gasteiger charge is 2.29. The molecule has 0 radical (unpaired) electrons. The van der Waals surface area contributed by atoms with E-state index in [2.05, 4.69) is 10.0 Å². The molecule has 2 unspecified atom stereocenters. The fraction of sp³-hybridized carbons (Fsp3) is 0.636. The van der Waals surface area contributed by atoms with E-state index < -0.39 is 10.0 Å². The third-order valence-corrected chi connectivity index (χ3v) is 6.09. The van der Waals surface area contributed by atoms with Crippen molar-refractivity contribution >= 4 is 21.4 Å². The van der Waals surface area contributed by atoms with Crippen LogP contribution in [-0.4, -0.2) is 34.7 Å². The average Bonchev–Trinajstić information content (AvgIpc) is 2.81. The maximum Gasteiger partial charge on any atom is 0.254 e. The number of rotatable bonds is 4. The summed E-state index contributed by atoms with van der Waals surface area (Å²) in [5, 5.41) is 4.97. The molecule has 2 N–H and O–H groups in total. The summed E-state index contributed by atoms with van der Waals surface area (Å²) in [6.07, 6.45) is 0.814. The second-order valence-corrected chi connectivity index (χ2v) is 7.30. The van der Waals surface area contributed by atoms with Gasteiger partial charge in [-0.05, 0) is 36.9 Å². The van der Waals surface area contributed by atoms with E-state index in [-0.39, 0.29) is 10.3 Å². The maximum absolute atomic E-state index is 12.3. The Morgan fingerprint density at radius 2 is 2.33 bits per heavy atom. The molecule has 0 aromatic carbocycles. The number of ether oxygens (including phenoxy) is 1. The van der Waals surface area contributed by atoms with Crippen LogP contribution in [0.1, 0.15) is 13.3 Å². The first-order chi connectivity index (χ1) is 8.54. The lowest BCUT2D eigenvalue weighted by molar-refractivity contribution is 0.327. The van der Waals surface area contributed by atoms with Crippen molar-refractivity contribution < 1.29 is 13.2 Å². The number of hydrogen-bond donors (Lipinski definition) is 2. The van der Waals surface area contributed by atoms with Crippen molar-refractivity contribution in [2.45, 2.75) is 23.6 Å². The lowest BCUT2D eigenvalue weighted by Crippen LogP contribution is -2.48. The second kappa shape index (κ2) is 5.56. The van der Waals surface area contributed by atoms with E-state index in [1.165, 1.54) is 18.4 Å². The predicted molar refractivity (Wildman–Crippen MR) is 71.6 cm³/mol. The average molecular weight is 290 g/mol. The minimum atomic E-state index is -3.48. The second-order valence-electron chi connectivity index (χ2n) is 4.47. The van der Waals surface area contributed by atoms with Crippen molar-refractivity contribution in [2.24, 2.45) is 5.92 Å². The van der Waals surface area contributed by atoms with Crippen molar-refractivity contribution in [3.63, 3.8) is 0 Å². The van der Waals surface area contributed by atoms with Gasteiger partial charge in [-0.2, -0.15) is 0 Å². The van der Waals surface area contributed by atoms with E-state index in [0.717, 1.165) is 19.5 Å². The van der Waals surface area contributed by atoms with Crippen LogP contribution >= 0.6 is 11.3 Å². The number of thiophene rings is 1. The molecule has 1 aliphatic heterocycles. The molecule has 2 rings (SSSR count). The fourth-order valence-electron chi connectivity index (χ4n) is 2.07. The third kappa shape index (κ3) is 2.85. The Bertz CT molecular complexity index is 498. The number of sulfonamides is 1. The van der Waals surface area contributed by atoms with Gasteiger partial charge in [-0.1, -0.05) is 6.92 Å². The van der Waals surface area contributed by atoms with Gasteiger partial charge in [0.2, 0.25) is 0 Å². The number of methoxy groups -OCH3 is 1. The zero-order valence-corrected chi connectivity index (χ0v) is 12.1. The standard InChI is InChI=1S/C11H18N2O3S2/c1-8-7-12-5-3-9(8)13-18(14,15)11-10(16-2)4-6-17-11/h4,6,8-9,12-13H,3,5,7H2,1-2H3. The van der Waals surface area contributed by atoms with E-state index in [1.807, 2.05) is 6.92 Å². The molecular weight excluding hydrogens is 272 g/mol. The molecule has 1 aliphatic rings. The Hall–Kier alpha value is -0.630. The summed E-state index contributed by atoms with van der Waals surface area (Å²) >= 11 is 1.18. The molecule has 1 saturated heterocycles. The Balaban J connectivity index is 2.16. The molecule has 102 valence electrons. The summed E-state index contributed by atoms with van der Waals surface area (Å²) in [7, 11) is -2.00. The van der Waals surface area contributed by atoms with Crippen molar-refractivity contribution in [1.29, 1.82) is 0 Å². The minimum absolute atomic E-state index is 0.0111. The topological polar surface area (TPSA) is 67.4 Å². The van der Waals surface area contributed by atoms with Gasteiger partial charge in [0.25, 0.3) is 10.0 Å². The van der Waals surface area contributed by atoms with E-state index in [0.29, 0.717) is 11.7 Å². The smallest absolute Gasteiger partial charge is 0.254 e. The molecule has 0 bridgehead atoms. The highest BCUT2D eigenvalue weighted by Crippen LogP contribution is 2.30. The van der Waals surface area contributed by atoms with Crippen LogP contribution in [0.25, 0.3) is 0 Å². The summed E-state index contributed by atoms with van der Waals surface area (Å²) in [6.45, 7) is 3.73. The van der Waals surface area contributed by atoms with Crippen molar-refractivity contribution in [1.82, 2.24) is 10.0 Å². The quantitative estimate of drug-likeness (QED) is 0.869. The van der Waals surface area contributed by atoms with Crippen LogP contribution in [0.2, 0.25) is 0 Å². The van der Waals surface area contributed by atoms with E-state index in [9.17, 15) is 8.42 Å². The van der Waals surface area contributed by atoms with Crippen LogP contribution in [0, 0.1) is 5.92 Å². The summed E-state index contributed by atoms with van der Waals surface area (Å²) in [6, 6.07) is 1.66. The molecule has 5 nitrogen and oxygen atoms in total. The number of hydrogen-bond acceptors (Lipinski definition) is 5. The molecule has 2 heterocycles. The van der Waals surface area contributed by atoms with E-state index >= 15 is 0 Å². The molecule has 1 fully saturated rings. The van der Waals surface area contributed by atoms with Crippen LogP contribution in [0.3, 0.4) is 0 Å². The Morgan fingerprint density at radius 1 is 1.56 bits per heavy atom. The molecule has 7 heteroatoms. The summed E-state index contributed by atoms with van der Waals surface area (Å²) in [5.41, 5.74) is 0. The highest BCUT2D eigenvalue weighted by atomic mass is 32.2. The van der Waals surface area contributed by atoms with Crippen LogP contribution in [0.5, 0.6) is 5.75 Å². The molecule has 0 spiro atoms. The zero-order chi connectivity index (χ0) is 13.2. The van der Waals surface area contributed by atoms with Crippen molar-refractivity contribution in [3.05, 3.63) is 11.4 Å². The van der Waals surface area contributed by atoms with E-state index in [1.54, 1.807) is 11.4 Å². The molecule has 0 amide bonds. The monoisotopic (exact) mass is 290 g/mol. The third-order valence-electron chi connectivity index (χ3n) is 3.15. The lowest BCUT2D eigenvalue weighted by atomic mass is 9.97. The highest BCUT2D eigenvalue weighted by molar-refractivity contribution is 7.91. The summed E-state index contributed by atoms with van der Waals surface area (Å²) in [4.78, 5) is 0. The minimum Gasteiger partial charge on any atom is -0.494 e. The molecule has 0 saturated carbocycles. The number of nitrogens with one attached hydrogen (secondary N) is 2. The Kier molecular flexibility index (Phi) is 4.26. The van der Waals surface area contributed by atoms with Gasteiger partial charge in [0.05, 0.1) is 7.11 Å².